The summed E-state index contributed by atoms with van der Waals surface area (Å²) in [7, 11) is 0. The van der Waals surface area contributed by atoms with Crippen molar-refractivity contribution in [1.29, 1.82) is 0 Å². The number of hydrogen-bond acceptors (Lipinski definition) is 2. The molecule has 1 unspecified atom stereocenters. The first-order valence-electron chi connectivity index (χ1n) is 6.22. The molecular weight excluding hydrogens is 196 g/mol. The van der Waals surface area contributed by atoms with Crippen LogP contribution in [0.25, 0.3) is 0 Å². The highest BCUT2D eigenvalue weighted by Gasteiger charge is 2.39. The molecule has 2 heterocycles. The van der Waals surface area contributed by atoms with Gasteiger partial charge in [-0.25, -0.2) is 0 Å². The van der Waals surface area contributed by atoms with E-state index in [4.69, 9.17) is 5.73 Å². The van der Waals surface area contributed by atoms with Crippen molar-refractivity contribution in [2.75, 3.05) is 18.8 Å². The fourth-order valence-corrected chi connectivity index (χ4v) is 3.43. The molecule has 2 aliphatic heterocycles. The molecule has 2 aliphatic rings. The van der Waals surface area contributed by atoms with E-state index in [1.165, 1.54) is 37.1 Å². The molecular formula is C14H20N2. The van der Waals surface area contributed by atoms with Gasteiger partial charge in [-0.3, -0.25) is 4.90 Å². The van der Waals surface area contributed by atoms with Gasteiger partial charge in [-0.2, -0.15) is 0 Å². The topological polar surface area (TPSA) is 29.3 Å². The Morgan fingerprint density at radius 2 is 2.19 bits per heavy atom. The summed E-state index contributed by atoms with van der Waals surface area (Å²) in [5.41, 5.74) is 10.1. The number of hydrogen-bond donors (Lipinski definition) is 1. The summed E-state index contributed by atoms with van der Waals surface area (Å²) in [5, 5.41) is 0. The van der Waals surface area contributed by atoms with Crippen LogP contribution in [0.15, 0.2) is 18.2 Å². The second kappa shape index (κ2) is 3.24. The summed E-state index contributed by atoms with van der Waals surface area (Å²) in [5.74, 6) is 0. The Morgan fingerprint density at radius 1 is 1.38 bits per heavy atom. The van der Waals surface area contributed by atoms with Gasteiger partial charge in [0.05, 0.1) is 0 Å². The first-order chi connectivity index (χ1) is 7.58. The van der Waals surface area contributed by atoms with Gasteiger partial charge >= 0.3 is 0 Å². The number of nitrogens with two attached hydrogens (primary N) is 1. The highest BCUT2D eigenvalue weighted by Crippen LogP contribution is 2.44. The summed E-state index contributed by atoms with van der Waals surface area (Å²) >= 11 is 0. The minimum Gasteiger partial charge on any atom is -0.399 e. The van der Waals surface area contributed by atoms with Crippen LogP contribution < -0.4 is 5.73 Å². The molecule has 1 saturated heterocycles. The Labute approximate surface area is 97.4 Å². The van der Waals surface area contributed by atoms with Gasteiger partial charge < -0.3 is 5.73 Å². The van der Waals surface area contributed by atoms with Crippen LogP contribution in [0.4, 0.5) is 5.69 Å². The Balaban J connectivity index is 2.16. The smallest absolute Gasteiger partial charge is 0.0352 e. The quantitative estimate of drug-likeness (QED) is 0.676. The highest BCUT2D eigenvalue weighted by atomic mass is 15.2. The summed E-state index contributed by atoms with van der Waals surface area (Å²) in [4.78, 5) is 2.63. The molecule has 0 spiro atoms. The maximum atomic E-state index is 5.93. The van der Waals surface area contributed by atoms with Gasteiger partial charge in [-0.1, -0.05) is 19.9 Å². The Hall–Kier alpha value is -1.02. The van der Waals surface area contributed by atoms with E-state index in [1.54, 1.807) is 0 Å². The van der Waals surface area contributed by atoms with E-state index >= 15 is 0 Å². The van der Waals surface area contributed by atoms with Crippen molar-refractivity contribution in [3.05, 3.63) is 29.3 Å². The molecule has 0 radical (unpaired) electrons. The summed E-state index contributed by atoms with van der Waals surface area (Å²) in [6.07, 6.45) is 2.63. The lowest BCUT2D eigenvalue weighted by molar-refractivity contribution is 0.185. The van der Waals surface area contributed by atoms with Gasteiger partial charge in [-0.05, 0) is 42.6 Å². The zero-order valence-corrected chi connectivity index (χ0v) is 10.2. The second-order valence-corrected chi connectivity index (χ2v) is 5.86. The number of anilines is 1. The molecule has 1 atom stereocenters. The molecule has 0 aliphatic carbocycles. The minimum absolute atomic E-state index is 0.268. The monoisotopic (exact) mass is 216 g/mol. The lowest BCUT2D eigenvalue weighted by Gasteiger charge is -2.42. The van der Waals surface area contributed by atoms with E-state index in [0.717, 1.165) is 5.69 Å². The van der Waals surface area contributed by atoms with Crippen LogP contribution in [0.5, 0.6) is 0 Å². The van der Waals surface area contributed by atoms with Gasteiger partial charge in [-0.15, -0.1) is 0 Å². The zero-order valence-electron chi connectivity index (χ0n) is 10.2. The Kier molecular flexibility index (Phi) is 2.05. The van der Waals surface area contributed by atoms with Crippen LogP contribution in [0.1, 0.15) is 43.9 Å². The largest absolute Gasteiger partial charge is 0.399 e. The third-order valence-corrected chi connectivity index (χ3v) is 4.13. The molecule has 2 nitrogen and oxygen atoms in total. The van der Waals surface area contributed by atoms with Gasteiger partial charge in [0.25, 0.3) is 0 Å². The molecule has 86 valence electrons. The lowest BCUT2D eigenvalue weighted by Crippen LogP contribution is -2.42. The highest BCUT2D eigenvalue weighted by molar-refractivity contribution is 5.50. The fraction of sp³-hybridized carbons (Fsp3) is 0.571. The minimum atomic E-state index is 0.268. The van der Waals surface area contributed by atoms with Crippen LogP contribution in [-0.2, 0) is 5.41 Å². The van der Waals surface area contributed by atoms with Gasteiger partial charge in [0.2, 0.25) is 0 Å². The molecule has 0 amide bonds. The van der Waals surface area contributed by atoms with Crippen molar-refractivity contribution < 1.29 is 0 Å². The van der Waals surface area contributed by atoms with Gasteiger partial charge in [0.15, 0.2) is 0 Å². The zero-order chi connectivity index (χ0) is 11.3. The van der Waals surface area contributed by atoms with Crippen molar-refractivity contribution in [3.8, 4) is 0 Å². The molecule has 16 heavy (non-hydrogen) atoms. The third kappa shape index (κ3) is 1.36. The Bertz CT molecular complexity index is 423. The lowest BCUT2D eigenvalue weighted by atomic mass is 9.76. The summed E-state index contributed by atoms with van der Waals surface area (Å²) in [6, 6.07) is 7.11. The fourth-order valence-electron chi connectivity index (χ4n) is 3.43. The molecule has 1 fully saturated rings. The summed E-state index contributed by atoms with van der Waals surface area (Å²) < 4.78 is 0. The standard InChI is InChI=1S/C14H20N2/c1-14(2)9-16-7-3-4-13(16)11-8-10(15)5-6-12(11)14/h5-6,8,13H,3-4,7,9,15H2,1-2H3. The van der Waals surface area contributed by atoms with Crippen LogP contribution in [0.2, 0.25) is 0 Å². The van der Waals surface area contributed by atoms with E-state index in [0.29, 0.717) is 6.04 Å². The predicted octanol–water partition coefficient (Wildman–Crippen LogP) is 2.70. The number of nitrogens with zero attached hydrogens (tertiary/aromatic N) is 1. The molecule has 2 N–H and O–H groups in total. The van der Waals surface area contributed by atoms with E-state index in [-0.39, 0.29) is 5.41 Å². The Morgan fingerprint density at radius 3 is 3.00 bits per heavy atom. The third-order valence-electron chi connectivity index (χ3n) is 4.13. The van der Waals surface area contributed by atoms with Crippen molar-refractivity contribution >= 4 is 5.69 Å². The first kappa shape index (κ1) is 10.2. The molecule has 1 aromatic rings. The van der Waals surface area contributed by atoms with E-state index in [2.05, 4.69) is 30.9 Å². The predicted molar refractivity (Wildman–Crippen MR) is 67.4 cm³/mol. The van der Waals surface area contributed by atoms with E-state index in [1.807, 2.05) is 6.07 Å². The molecule has 0 bridgehead atoms. The van der Waals surface area contributed by atoms with Crippen molar-refractivity contribution in [3.63, 3.8) is 0 Å². The van der Waals surface area contributed by atoms with Crippen molar-refractivity contribution in [2.45, 2.75) is 38.1 Å². The number of nitrogen functional groups attached to an aromatic ring is 1. The van der Waals surface area contributed by atoms with Crippen LogP contribution in [0.3, 0.4) is 0 Å². The SMILES string of the molecule is CC1(C)CN2CCCC2c2cc(N)ccc21. The number of benzene rings is 1. The molecule has 2 heteroatoms. The van der Waals surface area contributed by atoms with Crippen LogP contribution in [-0.4, -0.2) is 18.0 Å². The molecule has 1 aromatic carbocycles. The van der Waals surface area contributed by atoms with Crippen LogP contribution in [0, 0.1) is 0 Å². The van der Waals surface area contributed by atoms with Crippen molar-refractivity contribution in [1.82, 2.24) is 4.90 Å². The second-order valence-electron chi connectivity index (χ2n) is 5.86. The van der Waals surface area contributed by atoms with Crippen molar-refractivity contribution in [2.24, 2.45) is 0 Å². The number of fused-ring (bicyclic) bond motifs is 3. The maximum Gasteiger partial charge on any atom is 0.0352 e. The first-order valence-corrected chi connectivity index (χ1v) is 6.22. The average molecular weight is 216 g/mol. The molecule has 3 rings (SSSR count). The summed E-state index contributed by atoms with van der Waals surface area (Å²) in [6.45, 7) is 7.13. The number of rotatable bonds is 0. The molecule has 0 aromatic heterocycles. The van der Waals surface area contributed by atoms with Crippen LogP contribution >= 0.6 is 0 Å². The van der Waals surface area contributed by atoms with E-state index in [9.17, 15) is 0 Å². The average Bonchev–Trinajstić information content (AvgIpc) is 2.64. The van der Waals surface area contributed by atoms with E-state index < -0.39 is 0 Å². The van der Waals surface area contributed by atoms with Gasteiger partial charge in [0, 0.05) is 23.7 Å². The molecule has 0 saturated carbocycles. The van der Waals surface area contributed by atoms with Gasteiger partial charge in [0.1, 0.15) is 0 Å². The maximum absolute atomic E-state index is 5.93. The normalized spacial score (nSPS) is 27.5.